The van der Waals surface area contributed by atoms with Crippen molar-refractivity contribution in [1.82, 2.24) is 0 Å². The van der Waals surface area contributed by atoms with Gasteiger partial charge in [0.05, 0.1) is 15.8 Å². The lowest BCUT2D eigenvalue weighted by atomic mass is 10.1. The molecule has 1 N–H and O–H groups in total. The van der Waals surface area contributed by atoms with Crippen LogP contribution in [0.4, 0.5) is 5.69 Å². The molecule has 0 aliphatic rings. The highest BCUT2D eigenvalue weighted by Crippen LogP contribution is 2.27. The van der Waals surface area contributed by atoms with Crippen LogP contribution in [0.2, 0.25) is 0 Å². The van der Waals surface area contributed by atoms with Crippen LogP contribution in [-0.4, -0.2) is 21.1 Å². The van der Waals surface area contributed by atoms with Gasteiger partial charge in [0, 0.05) is 11.6 Å². The molecule has 0 spiro atoms. The van der Waals surface area contributed by atoms with Crippen molar-refractivity contribution in [3.63, 3.8) is 0 Å². The van der Waals surface area contributed by atoms with Gasteiger partial charge in [-0.25, -0.2) is 0 Å². The van der Waals surface area contributed by atoms with E-state index in [-0.39, 0.29) is 22.3 Å². The Bertz CT molecular complexity index is 430. The Morgan fingerprint density at radius 1 is 1.60 bits per heavy atom. The third kappa shape index (κ3) is 2.33. The van der Waals surface area contributed by atoms with Crippen LogP contribution in [0.1, 0.15) is 15.9 Å². The summed E-state index contributed by atoms with van der Waals surface area (Å²) in [5, 5.41) is 20.0. The number of aryl methyl sites for hydroxylation is 1. The number of phenols is 1. The van der Waals surface area contributed by atoms with E-state index in [2.05, 4.69) is 15.9 Å². The van der Waals surface area contributed by atoms with E-state index in [4.69, 9.17) is 0 Å². The monoisotopic (exact) mass is 273 g/mol. The lowest BCUT2D eigenvalue weighted by Gasteiger charge is -2.03. The number of hydrogen-bond acceptors (Lipinski definition) is 4. The van der Waals surface area contributed by atoms with Crippen LogP contribution in [-0.2, 0) is 0 Å². The number of nitro groups is 1. The minimum absolute atomic E-state index is 0.0147. The molecule has 0 fully saturated rings. The van der Waals surface area contributed by atoms with Gasteiger partial charge in [0.2, 0.25) is 0 Å². The smallest absolute Gasteiger partial charge is 0.273 e. The van der Waals surface area contributed by atoms with Crippen molar-refractivity contribution in [2.24, 2.45) is 0 Å². The highest BCUT2D eigenvalue weighted by molar-refractivity contribution is 9.09. The topological polar surface area (TPSA) is 80.4 Å². The first-order valence-electron chi connectivity index (χ1n) is 4.04. The average Bonchev–Trinajstić information content (AvgIpc) is 2.16. The largest absolute Gasteiger partial charge is 0.507 e. The van der Waals surface area contributed by atoms with Gasteiger partial charge in [0.1, 0.15) is 5.75 Å². The summed E-state index contributed by atoms with van der Waals surface area (Å²) < 4.78 is 0. The zero-order valence-electron chi connectivity index (χ0n) is 7.86. The van der Waals surface area contributed by atoms with Gasteiger partial charge in [-0.3, -0.25) is 14.9 Å². The van der Waals surface area contributed by atoms with Gasteiger partial charge >= 0.3 is 0 Å². The van der Waals surface area contributed by atoms with Crippen LogP contribution < -0.4 is 0 Å². The summed E-state index contributed by atoms with van der Waals surface area (Å²) in [7, 11) is 0. The fourth-order valence-corrected chi connectivity index (χ4v) is 1.48. The molecular formula is C9H8BrNO4. The Hall–Kier alpha value is -1.43. The van der Waals surface area contributed by atoms with Gasteiger partial charge < -0.3 is 5.11 Å². The molecule has 1 aromatic rings. The number of phenolic OH excluding ortho intramolecular Hbond substituents is 1. The third-order valence-electron chi connectivity index (χ3n) is 1.93. The number of alkyl halides is 1. The van der Waals surface area contributed by atoms with E-state index in [0.717, 1.165) is 6.07 Å². The molecule has 80 valence electrons. The van der Waals surface area contributed by atoms with Crippen molar-refractivity contribution in [3.05, 3.63) is 33.4 Å². The Labute approximate surface area is 94.0 Å². The standard InChI is InChI=1S/C9H8BrNO4/c1-5-2-8(12)6(9(13)4-10)3-7(5)11(14)15/h2-3,12H,4H2,1H3. The van der Waals surface area contributed by atoms with Crippen molar-refractivity contribution in [2.45, 2.75) is 6.92 Å². The van der Waals surface area contributed by atoms with Crippen molar-refractivity contribution >= 4 is 27.4 Å². The molecule has 0 amide bonds. The second-order valence-corrected chi connectivity index (χ2v) is 3.53. The molecule has 0 saturated heterocycles. The highest BCUT2D eigenvalue weighted by atomic mass is 79.9. The molecule has 0 unspecified atom stereocenters. The molecule has 1 rings (SSSR count). The number of benzene rings is 1. The molecule has 0 aliphatic heterocycles. The Morgan fingerprint density at radius 2 is 2.20 bits per heavy atom. The predicted octanol–water partition coefficient (Wildman–Crippen LogP) is 2.19. The summed E-state index contributed by atoms with van der Waals surface area (Å²) in [5.74, 6) is -0.627. The van der Waals surface area contributed by atoms with E-state index in [1.165, 1.54) is 13.0 Å². The molecule has 0 aliphatic carbocycles. The van der Waals surface area contributed by atoms with Crippen molar-refractivity contribution in [1.29, 1.82) is 0 Å². The lowest BCUT2D eigenvalue weighted by Crippen LogP contribution is -2.02. The van der Waals surface area contributed by atoms with E-state index < -0.39 is 10.7 Å². The van der Waals surface area contributed by atoms with E-state index in [9.17, 15) is 20.0 Å². The number of ketones is 1. The maximum atomic E-state index is 11.3. The molecule has 0 saturated carbocycles. The minimum Gasteiger partial charge on any atom is -0.507 e. The quantitative estimate of drug-likeness (QED) is 0.396. The van der Waals surface area contributed by atoms with Gasteiger partial charge in [-0.05, 0) is 13.0 Å². The average molecular weight is 274 g/mol. The number of carbonyl (C=O) groups is 1. The van der Waals surface area contributed by atoms with E-state index in [1.54, 1.807) is 0 Å². The molecule has 0 radical (unpaired) electrons. The number of aromatic hydroxyl groups is 1. The first-order chi connectivity index (χ1) is 6.97. The fourth-order valence-electron chi connectivity index (χ4n) is 1.17. The Morgan fingerprint density at radius 3 is 2.67 bits per heavy atom. The van der Waals surface area contributed by atoms with Crippen LogP contribution in [0.5, 0.6) is 5.75 Å². The number of nitro benzene ring substituents is 1. The molecule has 6 heteroatoms. The fraction of sp³-hybridized carbons (Fsp3) is 0.222. The first kappa shape index (κ1) is 11.6. The van der Waals surface area contributed by atoms with E-state index in [0.29, 0.717) is 5.56 Å². The van der Waals surface area contributed by atoms with Crippen LogP contribution >= 0.6 is 15.9 Å². The van der Waals surface area contributed by atoms with E-state index >= 15 is 0 Å². The van der Waals surface area contributed by atoms with Crippen molar-refractivity contribution in [2.75, 3.05) is 5.33 Å². The highest BCUT2D eigenvalue weighted by Gasteiger charge is 2.18. The van der Waals surface area contributed by atoms with Crippen LogP contribution in [0.3, 0.4) is 0 Å². The van der Waals surface area contributed by atoms with Crippen molar-refractivity contribution in [3.8, 4) is 5.75 Å². The molecule has 0 aromatic heterocycles. The first-order valence-corrected chi connectivity index (χ1v) is 5.16. The van der Waals surface area contributed by atoms with Crippen LogP contribution in [0.15, 0.2) is 12.1 Å². The second-order valence-electron chi connectivity index (χ2n) is 2.97. The van der Waals surface area contributed by atoms with Crippen molar-refractivity contribution < 1.29 is 14.8 Å². The van der Waals surface area contributed by atoms with Gasteiger partial charge in [0.25, 0.3) is 5.69 Å². The number of Topliss-reactive ketones (excluding diaryl/α,β-unsaturated/α-hetero) is 1. The number of carbonyl (C=O) groups excluding carboxylic acids is 1. The lowest BCUT2D eigenvalue weighted by molar-refractivity contribution is -0.385. The molecule has 0 atom stereocenters. The number of rotatable bonds is 3. The summed E-state index contributed by atoms with van der Waals surface area (Å²) in [4.78, 5) is 21.3. The molecule has 0 bridgehead atoms. The second kappa shape index (κ2) is 4.39. The molecule has 5 nitrogen and oxygen atoms in total. The van der Waals surface area contributed by atoms with Crippen LogP contribution in [0, 0.1) is 17.0 Å². The zero-order chi connectivity index (χ0) is 11.6. The van der Waals surface area contributed by atoms with Gasteiger partial charge in [-0.1, -0.05) is 15.9 Å². The minimum atomic E-state index is -0.584. The maximum absolute atomic E-state index is 11.3. The predicted molar refractivity (Wildman–Crippen MR) is 57.6 cm³/mol. The van der Waals surface area contributed by atoms with Gasteiger partial charge in [-0.15, -0.1) is 0 Å². The van der Waals surface area contributed by atoms with Gasteiger partial charge in [0.15, 0.2) is 5.78 Å². The number of halogens is 1. The Balaban J connectivity index is 3.36. The molecule has 15 heavy (non-hydrogen) atoms. The van der Waals surface area contributed by atoms with E-state index in [1.807, 2.05) is 0 Å². The maximum Gasteiger partial charge on any atom is 0.273 e. The normalized spacial score (nSPS) is 10.0. The number of hydrogen-bond donors (Lipinski definition) is 1. The summed E-state index contributed by atoms with van der Waals surface area (Å²) in [6.45, 7) is 1.50. The van der Waals surface area contributed by atoms with Gasteiger partial charge in [-0.2, -0.15) is 0 Å². The Kier molecular flexibility index (Phi) is 3.41. The summed E-state index contributed by atoms with van der Waals surface area (Å²) >= 11 is 2.94. The molecular weight excluding hydrogens is 266 g/mol. The third-order valence-corrected chi connectivity index (χ3v) is 2.44. The summed E-state index contributed by atoms with van der Waals surface area (Å²) in [6, 6.07) is 2.31. The number of nitrogens with zero attached hydrogens (tertiary/aromatic N) is 1. The molecule has 1 aromatic carbocycles. The summed E-state index contributed by atoms with van der Waals surface area (Å²) in [6.07, 6.45) is 0. The zero-order valence-corrected chi connectivity index (χ0v) is 9.44. The summed E-state index contributed by atoms with van der Waals surface area (Å²) in [5.41, 5.74) is 0.116. The van der Waals surface area contributed by atoms with Crippen LogP contribution in [0.25, 0.3) is 0 Å². The molecule has 0 heterocycles. The SMILES string of the molecule is Cc1cc(O)c(C(=O)CBr)cc1[N+](=O)[O-].